The number of hydrogen-bond donors (Lipinski definition) is 1. The highest BCUT2D eigenvalue weighted by Gasteiger charge is 2.14. The molecule has 1 atom stereocenters. The third-order valence-electron chi connectivity index (χ3n) is 3.01. The van der Waals surface area contributed by atoms with Gasteiger partial charge >= 0.3 is 0 Å². The van der Waals surface area contributed by atoms with Crippen LogP contribution in [0.4, 0.5) is 0 Å². The van der Waals surface area contributed by atoms with Gasteiger partial charge in [0.05, 0.1) is 6.61 Å². The average molecular weight is 200 g/mol. The molecular weight excluding hydrogens is 176 g/mol. The summed E-state index contributed by atoms with van der Waals surface area (Å²) in [5.41, 5.74) is 0. The molecule has 0 amide bonds. The van der Waals surface area contributed by atoms with Gasteiger partial charge in [0, 0.05) is 19.7 Å². The SMILES string of the molecule is CCN1CCCC(NCCOC)CC1. The standard InChI is InChI=1S/C11H24N2O/c1-3-13-8-4-5-11(6-9-13)12-7-10-14-2/h11-12H,3-10H2,1-2H3. The van der Waals surface area contributed by atoms with Crippen molar-refractivity contribution in [3.63, 3.8) is 0 Å². The zero-order chi connectivity index (χ0) is 10.2. The van der Waals surface area contributed by atoms with Crippen LogP contribution in [0.5, 0.6) is 0 Å². The predicted molar refractivity (Wildman–Crippen MR) is 59.6 cm³/mol. The lowest BCUT2D eigenvalue weighted by atomic mass is 10.1. The fourth-order valence-electron chi connectivity index (χ4n) is 2.04. The van der Waals surface area contributed by atoms with Gasteiger partial charge in [0.2, 0.25) is 0 Å². The normalized spacial score (nSPS) is 24.9. The molecule has 1 rings (SSSR count). The highest BCUT2D eigenvalue weighted by molar-refractivity contribution is 4.74. The highest BCUT2D eigenvalue weighted by Crippen LogP contribution is 2.10. The van der Waals surface area contributed by atoms with Crippen LogP contribution in [0.2, 0.25) is 0 Å². The number of rotatable bonds is 5. The quantitative estimate of drug-likeness (QED) is 0.673. The van der Waals surface area contributed by atoms with Crippen LogP contribution in [0.3, 0.4) is 0 Å². The fourth-order valence-corrected chi connectivity index (χ4v) is 2.04. The van der Waals surface area contributed by atoms with Crippen molar-refractivity contribution in [1.29, 1.82) is 0 Å². The van der Waals surface area contributed by atoms with Gasteiger partial charge in [-0.25, -0.2) is 0 Å². The summed E-state index contributed by atoms with van der Waals surface area (Å²) in [7, 11) is 1.76. The molecule has 14 heavy (non-hydrogen) atoms. The van der Waals surface area contributed by atoms with Crippen molar-refractivity contribution >= 4 is 0 Å². The summed E-state index contributed by atoms with van der Waals surface area (Å²) in [6.45, 7) is 7.80. The first-order valence-corrected chi connectivity index (χ1v) is 5.81. The Kier molecular flexibility index (Phi) is 6.15. The largest absolute Gasteiger partial charge is 0.383 e. The van der Waals surface area contributed by atoms with E-state index in [0.717, 1.165) is 13.2 Å². The lowest BCUT2D eigenvalue weighted by Crippen LogP contribution is -2.33. The van der Waals surface area contributed by atoms with E-state index < -0.39 is 0 Å². The molecule has 0 radical (unpaired) electrons. The minimum Gasteiger partial charge on any atom is -0.383 e. The van der Waals surface area contributed by atoms with E-state index in [9.17, 15) is 0 Å². The first kappa shape index (κ1) is 12.0. The lowest BCUT2D eigenvalue weighted by Gasteiger charge is -2.18. The maximum atomic E-state index is 5.03. The maximum absolute atomic E-state index is 5.03. The van der Waals surface area contributed by atoms with E-state index in [1.165, 1.54) is 38.9 Å². The molecule has 84 valence electrons. The monoisotopic (exact) mass is 200 g/mol. The zero-order valence-electron chi connectivity index (χ0n) is 9.59. The summed E-state index contributed by atoms with van der Waals surface area (Å²) in [6.07, 6.45) is 3.94. The number of nitrogens with one attached hydrogen (secondary N) is 1. The molecule has 1 N–H and O–H groups in total. The molecule has 1 heterocycles. The minimum absolute atomic E-state index is 0.710. The zero-order valence-corrected chi connectivity index (χ0v) is 9.59. The topological polar surface area (TPSA) is 24.5 Å². The number of likely N-dealkylation sites (tertiary alicyclic amines) is 1. The lowest BCUT2D eigenvalue weighted by molar-refractivity contribution is 0.194. The Hall–Kier alpha value is -0.120. The molecule has 1 aliphatic rings. The Bertz CT molecular complexity index is 141. The molecule has 0 aromatic heterocycles. The number of hydrogen-bond acceptors (Lipinski definition) is 3. The second-order valence-corrected chi connectivity index (χ2v) is 4.01. The Labute approximate surface area is 87.8 Å². The van der Waals surface area contributed by atoms with Crippen LogP contribution in [0.15, 0.2) is 0 Å². The molecule has 1 unspecified atom stereocenters. The Morgan fingerprint density at radius 1 is 1.36 bits per heavy atom. The summed E-state index contributed by atoms with van der Waals surface area (Å²) in [5, 5.41) is 3.56. The second kappa shape index (κ2) is 7.21. The molecule has 0 saturated carbocycles. The summed E-state index contributed by atoms with van der Waals surface area (Å²) in [5.74, 6) is 0. The van der Waals surface area contributed by atoms with Gasteiger partial charge in [0.25, 0.3) is 0 Å². The molecule has 1 fully saturated rings. The molecule has 3 heteroatoms. The van der Waals surface area contributed by atoms with Crippen molar-refractivity contribution in [3.8, 4) is 0 Å². The van der Waals surface area contributed by atoms with Gasteiger partial charge < -0.3 is 15.0 Å². The van der Waals surface area contributed by atoms with Crippen LogP contribution in [0.1, 0.15) is 26.2 Å². The second-order valence-electron chi connectivity index (χ2n) is 4.01. The van der Waals surface area contributed by atoms with E-state index in [1.807, 2.05) is 0 Å². The molecule has 0 spiro atoms. The number of methoxy groups -OCH3 is 1. The first-order chi connectivity index (χ1) is 6.86. The van der Waals surface area contributed by atoms with Crippen LogP contribution in [0.25, 0.3) is 0 Å². The number of ether oxygens (including phenoxy) is 1. The van der Waals surface area contributed by atoms with E-state index in [2.05, 4.69) is 17.1 Å². The molecule has 0 aliphatic carbocycles. The Morgan fingerprint density at radius 2 is 2.21 bits per heavy atom. The molecule has 0 bridgehead atoms. The predicted octanol–water partition coefficient (Wildman–Crippen LogP) is 1.10. The molecule has 0 aromatic rings. The molecule has 3 nitrogen and oxygen atoms in total. The van der Waals surface area contributed by atoms with Crippen LogP contribution in [0, 0.1) is 0 Å². The van der Waals surface area contributed by atoms with Crippen molar-refractivity contribution in [3.05, 3.63) is 0 Å². The van der Waals surface area contributed by atoms with Crippen molar-refractivity contribution in [2.75, 3.05) is 39.9 Å². The summed E-state index contributed by atoms with van der Waals surface area (Å²) in [6, 6.07) is 0.710. The van der Waals surface area contributed by atoms with Gasteiger partial charge in [0.1, 0.15) is 0 Å². The smallest absolute Gasteiger partial charge is 0.0587 e. The van der Waals surface area contributed by atoms with E-state index in [0.29, 0.717) is 6.04 Å². The maximum Gasteiger partial charge on any atom is 0.0587 e. The van der Waals surface area contributed by atoms with Gasteiger partial charge in [-0.3, -0.25) is 0 Å². The summed E-state index contributed by atoms with van der Waals surface area (Å²) >= 11 is 0. The van der Waals surface area contributed by atoms with Crippen molar-refractivity contribution in [2.24, 2.45) is 0 Å². The highest BCUT2D eigenvalue weighted by atomic mass is 16.5. The molecule has 0 aromatic carbocycles. The Morgan fingerprint density at radius 3 is 2.93 bits per heavy atom. The molecule has 1 aliphatic heterocycles. The van der Waals surface area contributed by atoms with Gasteiger partial charge in [-0.05, 0) is 38.9 Å². The van der Waals surface area contributed by atoms with Crippen molar-refractivity contribution in [1.82, 2.24) is 10.2 Å². The summed E-state index contributed by atoms with van der Waals surface area (Å²) in [4.78, 5) is 2.54. The van der Waals surface area contributed by atoms with E-state index >= 15 is 0 Å². The van der Waals surface area contributed by atoms with E-state index in [4.69, 9.17) is 4.74 Å². The minimum atomic E-state index is 0.710. The number of nitrogens with zero attached hydrogens (tertiary/aromatic N) is 1. The fraction of sp³-hybridized carbons (Fsp3) is 1.00. The van der Waals surface area contributed by atoms with Crippen LogP contribution < -0.4 is 5.32 Å². The third-order valence-corrected chi connectivity index (χ3v) is 3.01. The third kappa shape index (κ3) is 4.40. The van der Waals surface area contributed by atoms with E-state index in [1.54, 1.807) is 7.11 Å². The summed E-state index contributed by atoms with van der Waals surface area (Å²) < 4.78 is 5.03. The van der Waals surface area contributed by atoms with E-state index in [-0.39, 0.29) is 0 Å². The van der Waals surface area contributed by atoms with Gasteiger partial charge in [-0.15, -0.1) is 0 Å². The van der Waals surface area contributed by atoms with Crippen LogP contribution >= 0.6 is 0 Å². The van der Waals surface area contributed by atoms with Crippen molar-refractivity contribution < 1.29 is 4.74 Å². The van der Waals surface area contributed by atoms with Gasteiger partial charge in [0.15, 0.2) is 0 Å². The van der Waals surface area contributed by atoms with Gasteiger partial charge in [-0.1, -0.05) is 6.92 Å². The van der Waals surface area contributed by atoms with Gasteiger partial charge in [-0.2, -0.15) is 0 Å². The van der Waals surface area contributed by atoms with Crippen molar-refractivity contribution in [2.45, 2.75) is 32.2 Å². The Balaban J connectivity index is 2.14. The van der Waals surface area contributed by atoms with Crippen LogP contribution in [-0.2, 0) is 4.74 Å². The van der Waals surface area contributed by atoms with Crippen LogP contribution in [-0.4, -0.2) is 50.8 Å². The first-order valence-electron chi connectivity index (χ1n) is 5.81. The molecular formula is C11H24N2O. The molecule has 1 saturated heterocycles. The average Bonchev–Trinajstić information content (AvgIpc) is 2.43.